The Balaban J connectivity index is 1.60. The highest BCUT2D eigenvalue weighted by Crippen LogP contribution is 2.27. The number of nitrogens with one attached hydrogen (secondary N) is 1. The van der Waals surface area contributed by atoms with E-state index in [1.807, 2.05) is 4.90 Å². The molecule has 0 unspecified atom stereocenters. The third kappa shape index (κ3) is 3.69. The first-order valence-electron chi connectivity index (χ1n) is 7.13. The summed E-state index contributed by atoms with van der Waals surface area (Å²) in [5, 5.41) is 11.4. The molecule has 0 spiro atoms. The smallest absolute Gasteiger partial charge is 0.404 e. The summed E-state index contributed by atoms with van der Waals surface area (Å²) in [5.74, 6) is 0.950. The molecule has 0 bridgehead atoms. The normalized spacial score (nSPS) is 24.5. The maximum absolute atomic E-state index is 10.5. The lowest BCUT2D eigenvalue weighted by Crippen LogP contribution is -2.48. The molecular formula is C13H17ClN4O4. The first kappa shape index (κ1) is 15.1. The van der Waals surface area contributed by atoms with Crippen LogP contribution in [0.25, 0.3) is 0 Å². The molecule has 2 fully saturated rings. The second-order valence-corrected chi connectivity index (χ2v) is 5.67. The number of morpholine rings is 1. The van der Waals surface area contributed by atoms with Crippen molar-refractivity contribution in [2.45, 2.75) is 25.0 Å². The number of amides is 1. The molecule has 0 aromatic carbocycles. The fourth-order valence-electron chi connectivity index (χ4n) is 2.48. The summed E-state index contributed by atoms with van der Waals surface area (Å²) in [6.07, 6.45) is 0.185. The summed E-state index contributed by atoms with van der Waals surface area (Å²) in [4.78, 5) is 21.1. The molecule has 1 aliphatic carbocycles. The van der Waals surface area contributed by atoms with E-state index < -0.39 is 6.09 Å². The van der Waals surface area contributed by atoms with E-state index >= 15 is 0 Å². The summed E-state index contributed by atoms with van der Waals surface area (Å²) in [5.41, 5.74) is 0. The zero-order chi connectivity index (χ0) is 15.5. The second-order valence-electron chi connectivity index (χ2n) is 5.29. The van der Waals surface area contributed by atoms with E-state index in [2.05, 4.69) is 15.3 Å². The van der Waals surface area contributed by atoms with Crippen LogP contribution < -0.4 is 15.0 Å². The summed E-state index contributed by atoms with van der Waals surface area (Å²) in [6, 6.07) is 1.52. The van der Waals surface area contributed by atoms with Gasteiger partial charge >= 0.3 is 6.09 Å². The highest BCUT2D eigenvalue weighted by molar-refractivity contribution is 6.29. The third-order valence-corrected chi connectivity index (χ3v) is 3.86. The third-order valence-electron chi connectivity index (χ3n) is 3.66. The van der Waals surface area contributed by atoms with Crippen LogP contribution in [0.15, 0.2) is 6.07 Å². The number of ether oxygens (including phenoxy) is 2. The number of carbonyl (C=O) groups is 1. The van der Waals surface area contributed by atoms with Gasteiger partial charge in [0.15, 0.2) is 0 Å². The molecule has 1 saturated carbocycles. The fraction of sp³-hybridized carbons (Fsp3) is 0.615. The van der Waals surface area contributed by atoms with Crippen molar-refractivity contribution < 1.29 is 19.4 Å². The van der Waals surface area contributed by atoms with Crippen LogP contribution in [0, 0.1) is 0 Å². The fourth-order valence-corrected chi connectivity index (χ4v) is 2.64. The molecule has 3 rings (SSSR count). The van der Waals surface area contributed by atoms with Crippen LogP contribution in [0.5, 0.6) is 5.88 Å². The number of hydrogen-bond donors (Lipinski definition) is 2. The molecule has 8 nitrogen and oxygen atoms in total. The average Bonchev–Trinajstić information content (AvgIpc) is 2.45. The van der Waals surface area contributed by atoms with Gasteiger partial charge in [0.2, 0.25) is 11.8 Å². The Morgan fingerprint density at radius 3 is 2.82 bits per heavy atom. The SMILES string of the molecule is O=C(O)N[C@H]1C[C@H](Oc2cc(Cl)nc(N3CCOCC3)n2)C1. The lowest BCUT2D eigenvalue weighted by atomic mass is 9.89. The van der Waals surface area contributed by atoms with E-state index in [1.165, 1.54) is 0 Å². The Morgan fingerprint density at radius 2 is 2.14 bits per heavy atom. The number of anilines is 1. The summed E-state index contributed by atoms with van der Waals surface area (Å²) >= 11 is 6.03. The first-order chi connectivity index (χ1) is 10.6. The van der Waals surface area contributed by atoms with Crippen LogP contribution in [0.4, 0.5) is 10.7 Å². The van der Waals surface area contributed by atoms with Gasteiger partial charge in [-0.25, -0.2) is 9.78 Å². The van der Waals surface area contributed by atoms with Crippen LogP contribution in [-0.2, 0) is 4.74 Å². The molecular weight excluding hydrogens is 312 g/mol. The second kappa shape index (κ2) is 6.53. The zero-order valence-corrected chi connectivity index (χ0v) is 12.6. The van der Waals surface area contributed by atoms with Crippen molar-refractivity contribution in [2.75, 3.05) is 31.2 Å². The lowest BCUT2D eigenvalue weighted by molar-refractivity contribution is 0.0790. The number of rotatable bonds is 4. The molecule has 2 N–H and O–H groups in total. The highest BCUT2D eigenvalue weighted by atomic mass is 35.5. The van der Waals surface area contributed by atoms with Gasteiger partial charge in [0.25, 0.3) is 0 Å². The van der Waals surface area contributed by atoms with E-state index in [-0.39, 0.29) is 12.1 Å². The van der Waals surface area contributed by atoms with Crippen molar-refractivity contribution in [1.29, 1.82) is 0 Å². The summed E-state index contributed by atoms with van der Waals surface area (Å²) < 4.78 is 11.0. The van der Waals surface area contributed by atoms with Crippen molar-refractivity contribution in [1.82, 2.24) is 15.3 Å². The minimum atomic E-state index is -1.01. The molecule has 2 aliphatic rings. The number of halogens is 1. The Hall–Kier alpha value is -1.80. The maximum atomic E-state index is 10.5. The van der Waals surface area contributed by atoms with Crippen molar-refractivity contribution in [3.63, 3.8) is 0 Å². The summed E-state index contributed by atoms with van der Waals surface area (Å²) in [7, 11) is 0. The standard InChI is InChI=1S/C13H17ClN4O4/c14-10-7-11(22-9-5-8(6-9)15-13(19)20)17-12(16-10)18-1-3-21-4-2-18/h7-9,15H,1-6H2,(H,19,20)/t8-,9-. The van der Waals surface area contributed by atoms with Crippen LogP contribution in [0.1, 0.15) is 12.8 Å². The Kier molecular flexibility index (Phi) is 4.49. The molecule has 120 valence electrons. The number of carboxylic acid groups (broad SMARTS) is 1. The molecule has 1 saturated heterocycles. The van der Waals surface area contributed by atoms with Crippen LogP contribution >= 0.6 is 11.6 Å². The molecule has 1 aliphatic heterocycles. The topological polar surface area (TPSA) is 96.8 Å². The maximum Gasteiger partial charge on any atom is 0.404 e. The van der Waals surface area contributed by atoms with Gasteiger partial charge < -0.3 is 24.8 Å². The van der Waals surface area contributed by atoms with Gasteiger partial charge in [-0.05, 0) is 0 Å². The molecule has 0 atom stereocenters. The van der Waals surface area contributed by atoms with Crippen molar-refractivity contribution in [3.8, 4) is 5.88 Å². The molecule has 1 aromatic heterocycles. The highest BCUT2D eigenvalue weighted by Gasteiger charge is 2.32. The van der Waals surface area contributed by atoms with Gasteiger partial charge in [-0.2, -0.15) is 4.98 Å². The molecule has 2 heterocycles. The zero-order valence-electron chi connectivity index (χ0n) is 11.9. The molecule has 1 amide bonds. The monoisotopic (exact) mass is 328 g/mol. The van der Waals surface area contributed by atoms with Crippen molar-refractivity contribution in [2.24, 2.45) is 0 Å². The van der Waals surface area contributed by atoms with Crippen LogP contribution in [-0.4, -0.2) is 59.6 Å². The molecule has 0 radical (unpaired) electrons. The minimum Gasteiger partial charge on any atom is -0.474 e. The van der Waals surface area contributed by atoms with E-state index in [1.54, 1.807) is 6.07 Å². The summed E-state index contributed by atoms with van der Waals surface area (Å²) in [6.45, 7) is 2.70. The molecule has 22 heavy (non-hydrogen) atoms. The van der Waals surface area contributed by atoms with E-state index in [0.29, 0.717) is 56.1 Å². The van der Waals surface area contributed by atoms with E-state index in [9.17, 15) is 4.79 Å². The van der Waals surface area contributed by atoms with Crippen molar-refractivity contribution in [3.05, 3.63) is 11.2 Å². The number of aromatic nitrogens is 2. The first-order valence-corrected chi connectivity index (χ1v) is 7.51. The number of hydrogen-bond acceptors (Lipinski definition) is 6. The lowest BCUT2D eigenvalue weighted by Gasteiger charge is -2.34. The quantitative estimate of drug-likeness (QED) is 0.800. The van der Waals surface area contributed by atoms with Gasteiger partial charge in [-0.3, -0.25) is 0 Å². The van der Waals surface area contributed by atoms with Crippen LogP contribution in [0.3, 0.4) is 0 Å². The molecule has 9 heteroatoms. The van der Waals surface area contributed by atoms with Crippen molar-refractivity contribution >= 4 is 23.6 Å². The molecule has 1 aromatic rings. The van der Waals surface area contributed by atoms with Gasteiger partial charge in [0.1, 0.15) is 11.3 Å². The van der Waals surface area contributed by atoms with Gasteiger partial charge in [-0.15, -0.1) is 0 Å². The number of nitrogens with zero attached hydrogens (tertiary/aromatic N) is 3. The predicted octanol–water partition coefficient (Wildman–Crippen LogP) is 1.14. The Morgan fingerprint density at radius 1 is 1.41 bits per heavy atom. The average molecular weight is 329 g/mol. The predicted molar refractivity (Wildman–Crippen MR) is 78.7 cm³/mol. The van der Waals surface area contributed by atoms with Gasteiger partial charge in [-0.1, -0.05) is 11.6 Å². The van der Waals surface area contributed by atoms with Gasteiger partial charge in [0.05, 0.1) is 13.2 Å². The minimum absolute atomic E-state index is 0.0552. The van der Waals surface area contributed by atoms with Crippen LogP contribution in [0.2, 0.25) is 5.15 Å². The van der Waals surface area contributed by atoms with E-state index in [0.717, 1.165) is 0 Å². The van der Waals surface area contributed by atoms with Gasteiger partial charge in [0, 0.05) is 38.0 Å². The Labute approximate surface area is 132 Å². The Bertz CT molecular complexity index is 547. The van der Waals surface area contributed by atoms with E-state index in [4.69, 9.17) is 26.2 Å². The largest absolute Gasteiger partial charge is 0.474 e.